The highest BCUT2D eigenvalue weighted by Crippen LogP contribution is 2.22. The average molecular weight is 285 g/mol. The van der Waals surface area contributed by atoms with Crippen molar-refractivity contribution >= 4 is 22.5 Å². The summed E-state index contributed by atoms with van der Waals surface area (Å²) >= 11 is 6.07. The standard InChI is InChI=1S/C16H13ClN2O/c1-10-7-12-9-13(17)16(20)19(14(12)8-11(10)2)15-5-3-4-6-18-15/h3-9H,1-2H3. The van der Waals surface area contributed by atoms with Crippen molar-refractivity contribution in [1.82, 2.24) is 9.55 Å². The van der Waals surface area contributed by atoms with Crippen LogP contribution < -0.4 is 5.56 Å². The number of rotatable bonds is 1. The van der Waals surface area contributed by atoms with Crippen LogP contribution in [0.5, 0.6) is 0 Å². The molecule has 0 N–H and O–H groups in total. The first kappa shape index (κ1) is 12.9. The molecule has 0 aliphatic heterocycles. The van der Waals surface area contributed by atoms with Crippen LogP contribution in [0.2, 0.25) is 5.02 Å². The number of aromatic nitrogens is 2. The van der Waals surface area contributed by atoms with Gasteiger partial charge in [-0.05, 0) is 55.3 Å². The Morgan fingerprint density at radius 3 is 2.55 bits per heavy atom. The number of hydrogen-bond acceptors (Lipinski definition) is 2. The number of benzene rings is 1. The molecule has 0 atom stereocenters. The predicted molar refractivity (Wildman–Crippen MR) is 81.8 cm³/mol. The van der Waals surface area contributed by atoms with Crippen molar-refractivity contribution in [3.63, 3.8) is 0 Å². The summed E-state index contributed by atoms with van der Waals surface area (Å²) in [6.45, 7) is 4.06. The second kappa shape index (κ2) is 4.76. The third-order valence-electron chi connectivity index (χ3n) is 3.45. The van der Waals surface area contributed by atoms with E-state index < -0.39 is 0 Å². The number of pyridine rings is 2. The molecule has 0 saturated carbocycles. The van der Waals surface area contributed by atoms with E-state index in [1.54, 1.807) is 22.9 Å². The van der Waals surface area contributed by atoms with E-state index in [9.17, 15) is 4.79 Å². The lowest BCUT2D eigenvalue weighted by atomic mass is 10.1. The van der Waals surface area contributed by atoms with Crippen molar-refractivity contribution < 1.29 is 0 Å². The van der Waals surface area contributed by atoms with Gasteiger partial charge < -0.3 is 0 Å². The highest BCUT2D eigenvalue weighted by molar-refractivity contribution is 6.31. The fourth-order valence-corrected chi connectivity index (χ4v) is 2.46. The van der Waals surface area contributed by atoms with E-state index >= 15 is 0 Å². The summed E-state index contributed by atoms with van der Waals surface area (Å²) in [5, 5.41) is 1.13. The molecule has 1 aromatic carbocycles. The Hall–Kier alpha value is -2.13. The summed E-state index contributed by atoms with van der Waals surface area (Å²) in [6, 6.07) is 11.2. The van der Waals surface area contributed by atoms with Gasteiger partial charge in [-0.1, -0.05) is 17.7 Å². The molecule has 0 bridgehead atoms. The molecule has 2 heterocycles. The summed E-state index contributed by atoms with van der Waals surface area (Å²) in [5.41, 5.74) is 2.87. The molecule has 4 heteroatoms. The van der Waals surface area contributed by atoms with Gasteiger partial charge in [-0.3, -0.25) is 9.36 Å². The van der Waals surface area contributed by atoms with E-state index in [0.29, 0.717) is 5.82 Å². The Balaban J connectivity index is 2.49. The lowest BCUT2D eigenvalue weighted by molar-refractivity contribution is 0.983. The third kappa shape index (κ3) is 2.00. The third-order valence-corrected chi connectivity index (χ3v) is 3.72. The summed E-state index contributed by atoms with van der Waals surface area (Å²) in [6.07, 6.45) is 1.66. The molecule has 3 rings (SSSR count). The molecule has 0 aliphatic rings. The van der Waals surface area contributed by atoms with Crippen LogP contribution in [0.1, 0.15) is 11.1 Å². The van der Waals surface area contributed by atoms with Gasteiger partial charge in [-0.15, -0.1) is 0 Å². The fraction of sp³-hybridized carbons (Fsp3) is 0.125. The topological polar surface area (TPSA) is 34.9 Å². The molecule has 3 nitrogen and oxygen atoms in total. The van der Waals surface area contributed by atoms with E-state index in [-0.39, 0.29) is 10.6 Å². The molecular weight excluding hydrogens is 272 g/mol. The minimum atomic E-state index is -0.249. The van der Waals surface area contributed by atoms with Gasteiger partial charge in [0.2, 0.25) is 0 Å². The van der Waals surface area contributed by atoms with Crippen LogP contribution in [-0.2, 0) is 0 Å². The molecule has 0 spiro atoms. The zero-order valence-corrected chi connectivity index (χ0v) is 12.0. The highest BCUT2D eigenvalue weighted by atomic mass is 35.5. The van der Waals surface area contributed by atoms with E-state index in [4.69, 9.17) is 11.6 Å². The van der Waals surface area contributed by atoms with Crippen molar-refractivity contribution in [1.29, 1.82) is 0 Å². The lowest BCUT2D eigenvalue weighted by Crippen LogP contribution is -2.20. The number of aryl methyl sites for hydroxylation is 2. The van der Waals surface area contributed by atoms with Gasteiger partial charge in [0.15, 0.2) is 0 Å². The zero-order chi connectivity index (χ0) is 14.3. The van der Waals surface area contributed by atoms with Crippen LogP contribution in [0.4, 0.5) is 0 Å². The van der Waals surface area contributed by atoms with Crippen LogP contribution in [0.3, 0.4) is 0 Å². The summed E-state index contributed by atoms with van der Waals surface area (Å²) < 4.78 is 1.56. The highest BCUT2D eigenvalue weighted by Gasteiger charge is 2.11. The van der Waals surface area contributed by atoms with Crippen molar-refractivity contribution in [3.8, 4) is 5.82 Å². The predicted octanol–water partition coefficient (Wildman–Crippen LogP) is 3.66. The first-order chi connectivity index (χ1) is 9.58. The molecule has 2 aromatic heterocycles. The first-order valence-electron chi connectivity index (χ1n) is 6.32. The van der Waals surface area contributed by atoms with Gasteiger partial charge in [-0.25, -0.2) is 4.98 Å². The van der Waals surface area contributed by atoms with Gasteiger partial charge >= 0.3 is 0 Å². The fourth-order valence-electron chi connectivity index (χ4n) is 2.26. The number of halogens is 1. The van der Waals surface area contributed by atoms with Crippen LogP contribution in [-0.4, -0.2) is 9.55 Å². The monoisotopic (exact) mass is 284 g/mol. The second-order valence-corrected chi connectivity index (χ2v) is 5.22. The van der Waals surface area contributed by atoms with Crippen LogP contribution in [0.25, 0.3) is 16.7 Å². The molecule has 0 unspecified atom stereocenters. The van der Waals surface area contributed by atoms with Crippen LogP contribution >= 0.6 is 11.6 Å². The second-order valence-electron chi connectivity index (χ2n) is 4.82. The van der Waals surface area contributed by atoms with Crippen molar-refractivity contribution in [2.75, 3.05) is 0 Å². The van der Waals surface area contributed by atoms with Crippen molar-refractivity contribution in [2.45, 2.75) is 13.8 Å². The smallest absolute Gasteiger partial charge is 0.267 e. The van der Waals surface area contributed by atoms with E-state index in [0.717, 1.165) is 16.5 Å². The van der Waals surface area contributed by atoms with Gasteiger partial charge in [-0.2, -0.15) is 0 Å². The molecule has 0 saturated heterocycles. The van der Waals surface area contributed by atoms with Gasteiger partial charge in [0.05, 0.1) is 5.52 Å². The van der Waals surface area contributed by atoms with E-state index in [2.05, 4.69) is 4.98 Å². The van der Waals surface area contributed by atoms with Gasteiger partial charge in [0.1, 0.15) is 10.8 Å². The Morgan fingerprint density at radius 1 is 1.10 bits per heavy atom. The molecule has 0 amide bonds. The first-order valence-corrected chi connectivity index (χ1v) is 6.69. The summed E-state index contributed by atoms with van der Waals surface area (Å²) in [7, 11) is 0. The molecule has 20 heavy (non-hydrogen) atoms. The van der Waals surface area contributed by atoms with Gasteiger partial charge in [0, 0.05) is 11.6 Å². The average Bonchev–Trinajstić information content (AvgIpc) is 2.44. The Kier molecular flexibility index (Phi) is 3.07. The number of nitrogens with zero attached hydrogens (tertiary/aromatic N) is 2. The molecule has 0 aliphatic carbocycles. The van der Waals surface area contributed by atoms with Crippen molar-refractivity contribution in [3.05, 3.63) is 69.1 Å². The van der Waals surface area contributed by atoms with Crippen LogP contribution in [0, 0.1) is 13.8 Å². The van der Waals surface area contributed by atoms with E-state index in [1.165, 1.54) is 5.56 Å². The van der Waals surface area contributed by atoms with E-state index in [1.807, 2.05) is 38.1 Å². The zero-order valence-electron chi connectivity index (χ0n) is 11.2. The number of fused-ring (bicyclic) bond motifs is 1. The number of hydrogen-bond donors (Lipinski definition) is 0. The molecule has 100 valence electrons. The SMILES string of the molecule is Cc1cc2cc(Cl)c(=O)n(-c3ccccn3)c2cc1C. The van der Waals surface area contributed by atoms with Gasteiger partial charge in [0.25, 0.3) is 5.56 Å². The molecule has 0 radical (unpaired) electrons. The maximum atomic E-state index is 12.4. The quantitative estimate of drug-likeness (QED) is 0.683. The maximum Gasteiger partial charge on any atom is 0.275 e. The van der Waals surface area contributed by atoms with Crippen molar-refractivity contribution in [2.24, 2.45) is 0 Å². The summed E-state index contributed by atoms with van der Waals surface area (Å²) in [4.78, 5) is 16.6. The molecule has 3 aromatic rings. The summed E-state index contributed by atoms with van der Waals surface area (Å²) in [5.74, 6) is 0.577. The molecular formula is C16H13ClN2O. The Morgan fingerprint density at radius 2 is 1.85 bits per heavy atom. The maximum absolute atomic E-state index is 12.4. The Labute approximate surface area is 121 Å². The Bertz CT molecular complexity index is 854. The normalized spacial score (nSPS) is 10.9. The molecule has 0 fully saturated rings. The minimum Gasteiger partial charge on any atom is -0.267 e. The van der Waals surface area contributed by atoms with Crippen LogP contribution in [0.15, 0.2) is 47.4 Å². The minimum absolute atomic E-state index is 0.200. The largest absolute Gasteiger partial charge is 0.275 e. The lowest BCUT2D eigenvalue weighted by Gasteiger charge is -2.12.